The van der Waals surface area contributed by atoms with Crippen LogP contribution in [-0.4, -0.2) is 29.7 Å². The molecule has 4 N–H and O–H groups in total. The number of H-pyrrole nitrogens is 1. The Morgan fingerprint density at radius 1 is 1.56 bits per heavy atom. The maximum Gasteiger partial charge on any atom is 0.312 e. The number of hydrogen-bond donors (Lipinski definition) is 3. The van der Waals surface area contributed by atoms with Gasteiger partial charge in [-0.25, -0.2) is 0 Å². The number of carboxylic acids is 1. The van der Waals surface area contributed by atoms with Gasteiger partial charge < -0.3 is 20.6 Å². The molecule has 5 heteroatoms. The predicted molar refractivity (Wildman–Crippen MR) is 69.0 cm³/mol. The molecule has 1 aromatic carbocycles. The fourth-order valence-electron chi connectivity index (χ4n) is 2.20. The lowest BCUT2D eigenvalue weighted by molar-refractivity contribution is -0.138. The van der Waals surface area contributed by atoms with Crippen LogP contribution in [0.15, 0.2) is 18.2 Å². The lowest BCUT2D eigenvalue weighted by Gasteiger charge is -2.15. The van der Waals surface area contributed by atoms with Crippen LogP contribution in [0.1, 0.15) is 17.2 Å². The van der Waals surface area contributed by atoms with Gasteiger partial charge in [-0.05, 0) is 19.1 Å². The first-order valence-corrected chi connectivity index (χ1v) is 5.67. The summed E-state index contributed by atoms with van der Waals surface area (Å²) in [5.41, 5.74) is 8.07. The highest BCUT2D eigenvalue weighted by molar-refractivity contribution is 5.90. The highest BCUT2D eigenvalue weighted by Gasteiger charge is 2.23. The van der Waals surface area contributed by atoms with Crippen LogP contribution < -0.4 is 10.5 Å². The molecule has 0 amide bonds. The summed E-state index contributed by atoms with van der Waals surface area (Å²) in [4.78, 5) is 14.4. The standard InChI is InChI=1S/C13H16N2O3/c1-7-5-9-11(15-7)4-3-8(12(9)18-2)10(6-14)13(16)17/h3-5,10,15H,6,14H2,1-2H3,(H,16,17). The topological polar surface area (TPSA) is 88.3 Å². The molecule has 0 aliphatic carbocycles. The molecule has 0 bridgehead atoms. The van der Waals surface area contributed by atoms with Gasteiger partial charge in [-0.3, -0.25) is 4.79 Å². The smallest absolute Gasteiger partial charge is 0.312 e. The van der Waals surface area contributed by atoms with Crippen molar-refractivity contribution < 1.29 is 14.6 Å². The summed E-state index contributed by atoms with van der Waals surface area (Å²) in [6, 6.07) is 5.54. The number of aromatic nitrogens is 1. The molecule has 18 heavy (non-hydrogen) atoms. The van der Waals surface area contributed by atoms with Gasteiger partial charge in [0.25, 0.3) is 0 Å². The van der Waals surface area contributed by atoms with Crippen LogP contribution in [0.25, 0.3) is 10.9 Å². The summed E-state index contributed by atoms with van der Waals surface area (Å²) in [6.45, 7) is 1.98. The quantitative estimate of drug-likeness (QED) is 0.767. The van der Waals surface area contributed by atoms with E-state index in [4.69, 9.17) is 10.5 Å². The van der Waals surface area contributed by atoms with Gasteiger partial charge in [-0.15, -0.1) is 0 Å². The average Bonchev–Trinajstić information content (AvgIpc) is 2.69. The zero-order valence-corrected chi connectivity index (χ0v) is 10.4. The molecule has 0 saturated carbocycles. The Labute approximate surface area is 105 Å². The second-order valence-corrected chi connectivity index (χ2v) is 4.23. The number of aromatic amines is 1. The molecule has 0 saturated heterocycles. The molecule has 0 spiro atoms. The van der Waals surface area contributed by atoms with Gasteiger partial charge in [-0.1, -0.05) is 6.07 Å². The normalized spacial score (nSPS) is 12.6. The average molecular weight is 248 g/mol. The molecule has 1 heterocycles. The van der Waals surface area contributed by atoms with Gasteiger partial charge in [-0.2, -0.15) is 0 Å². The Balaban J connectivity index is 2.67. The number of benzene rings is 1. The van der Waals surface area contributed by atoms with Crippen molar-refractivity contribution in [1.82, 2.24) is 4.98 Å². The van der Waals surface area contributed by atoms with Crippen molar-refractivity contribution >= 4 is 16.9 Å². The third-order valence-electron chi connectivity index (χ3n) is 3.03. The Morgan fingerprint density at radius 3 is 2.83 bits per heavy atom. The van der Waals surface area contributed by atoms with E-state index < -0.39 is 11.9 Å². The highest BCUT2D eigenvalue weighted by Crippen LogP contribution is 2.34. The van der Waals surface area contributed by atoms with Gasteiger partial charge >= 0.3 is 5.97 Å². The maximum absolute atomic E-state index is 11.2. The number of hydrogen-bond acceptors (Lipinski definition) is 3. The van der Waals surface area contributed by atoms with Crippen molar-refractivity contribution in [2.45, 2.75) is 12.8 Å². The molecule has 1 unspecified atom stereocenters. The lowest BCUT2D eigenvalue weighted by Crippen LogP contribution is -2.21. The molecule has 96 valence electrons. The summed E-state index contributed by atoms with van der Waals surface area (Å²) in [7, 11) is 1.54. The Kier molecular flexibility index (Phi) is 3.25. The molecule has 0 radical (unpaired) electrons. The van der Waals surface area contributed by atoms with Crippen molar-refractivity contribution in [1.29, 1.82) is 0 Å². The van der Waals surface area contributed by atoms with E-state index in [-0.39, 0.29) is 6.54 Å². The molecule has 0 aliphatic heterocycles. The second-order valence-electron chi connectivity index (χ2n) is 4.23. The maximum atomic E-state index is 11.2. The number of carbonyl (C=O) groups is 1. The summed E-state index contributed by atoms with van der Waals surface area (Å²) in [5.74, 6) is -1.11. The van der Waals surface area contributed by atoms with E-state index in [1.165, 1.54) is 7.11 Å². The fourth-order valence-corrected chi connectivity index (χ4v) is 2.20. The van der Waals surface area contributed by atoms with Crippen molar-refractivity contribution in [2.75, 3.05) is 13.7 Å². The Hall–Kier alpha value is -2.01. The third-order valence-corrected chi connectivity index (χ3v) is 3.03. The number of nitrogens with one attached hydrogen (secondary N) is 1. The SMILES string of the molecule is COc1c(C(CN)C(=O)O)ccc2[nH]c(C)cc12. The number of ether oxygens (including phenoxy) is 1. The monoisotopic (exact) mass is 248 g/mol. The predicted octanol–water partition coefficient (Wildman–Crippen LogP) is 1.61. The Morgan fingerprint density at radius 2 is 2.28 bits per heavy atom. The van der Waals surface area contributed by atoms with Crippen LogP contribution in [0.4, 0.5) is 0 Å². The minimum atomic E-state index is -0.942. The molecule has 2 aromatic rings. The number of rotatable bonds is 4. The minimum Gasteiger partial charge on any atom is -0.496 e. The van der Waals surface area contributed by atoms with E-state index in [0.29, 0.717) is 11.3 Å². The molecule has 0 aliphatic rings. The van der Waals surface area contributed by atoms with Crippen LogP contribution in [0.2, 0.25) is 0 Å². The number of nitrogens with two attached hydrogens (primary N) is 1. The van der Waals surface area contributed by atoms with Crippen LogP contribution in [0.5, 0.6) is 5.75 Å². The van der Waals surface area contributed by atoms with E-state index in [0.717, 1.165) is 16.6 Å². The van der Waals surface area contributed by atoms with Crippen molar-refractivity contribution in [3.05, 3.63) is 29.5 Å². The zero-order chi connectivity index (χ0) is 13.3. The van der Waals surface area contributed by atoms with Gasteiger partial charge in [0.05, 0.1) is 13.0 Å². The first kappa shape index (κ1) is 12.4. The summed E-state index contributed by atoms with van der Waals surface area (Å²) >= 11 is 0. The second kappa shape index (κ2) is 4.70. The van der Waals surface area contributed by atoms with Gasteiger partial charge in [0.2, 0.25) is 0 Å². The number of methoxy groups -OCH3 is 1. The zero-order valence-electron chi connectivity index (χ0n) is 10.4. The third kappa shape index (κ3) is 1.93. The van der Waals surface area contributed by atoms with E-state index in [1.54, 1.807) is 6.07 Å². The molecule has 1 aromatic heterocycles. The number of carboxylic acid groups (broad SMARTS) is 1. The van der Waals surface area contributed by atoms with E-state index >= 15 is 0 Å². The molecular formula is C13H16N2O3. The Bertz CT molecular complexity index is 589. The minimum absolute atomic E-state index is 0.0423. The van der Waals surface area contributed by atoms with Gasteiger partial charge in [0.1, 0.15) is 5.75 Å². The van der Waals surface area contributed by atoms with E-state index in [1.807, 2.05) is 19.1 Å². The lowest BCUT2D eigenvalue weighted by atomic mass is 9.96. The van der Waals surface area contributed by atoms with Gasteiger partial charge in [0.15, 0.2) is 0 Å². The van der Waals surface area contributed by atoms with Crippen molar-refractivity contribution in [3.63, 3.8) is 0 Å². The molecule has 0 fully saturated rings. The molecule has 1 atom stereocenters. The largest absolute Gasteiger partial charge is 0.496 e. The molecule has 2 rings (SSSR count). The number of aryl methyl sites for hydroxylation is 1. The van der Waals surface area contributed by atoms with E-state index in [9.17, 15) is 9.90 Å². The van der Waals surface area contributed by atoms with Crippen molar-refractivity contribution in [3.8, 4) is 5.75 Å². The molecular weight excluding hydrogens is 232 g/mol. The van der Waals surface area contributed by atoms with E-state index in [2.05, 4.69) is 4.98 Å². The van der Waals surface area contributed by atoms with Crippen LogP contribution in [-0.2, 0) is 4.79 Å². The van der Waals surface area contributed by atoms with Crippen LogP contribution in [0, 0.1) is 6.92 Å². The van der Waals surface area contributed by atoms with Crippen molar-refractivity contribution in [2.24, 2.45) is 5.73 Å². The first-order chi connectivity index (χ1) is 8.58. The fraction of sp³-hybridized carbons (Fsp3) is 0.308. The summed E-state index contributed by atoms with van der Waals surface area (Å²) < 4.78 is 5.37. The van der Waals surface area contributed by atoms with Crippen LogP contribution in [0.3, 0.4) is 0 Å². The number of fused-ring (bicyclic) bond motifs is 1. The number of aliphatic carboxylic acids is 1. The first-order valence-electron chi connectivity index (χ1n) is 5.67. The summed E-state index contributed by atoms with van der Waals surface area (Å²) in [6.07, 6.45) is 0. The van der Waals surface area contributed by atoms with Gasteiger partial charge in [0, 0.05) is 28.7 Å². The van der Waals surface area contributed by atoms with Crippen LogP contribution >= 0.6 is 0 Å². The molecule has 5 nitrogen and oxygen atoms in total. The highest BCUT2D eigenvalue weighted by atomic mass is 16.5. The summed E-state index contributed by atoms with van der Waals surface area (Å²) in [5, 5.41) is 10.1.